The molecule has 0 amide bonds. The van der Waals surface area contributed by atoms with Gasteiger partial charge in [-0.3, -0.25) is 0 Å². The van der Waals surface area contributed by atoms with Crippen molar-refractivity contribution in [2.75, 3.05) is 13.7 Å². The maximum Gasteiger partial charge on any atom is 0.460 e. The van der Waals surface area contributed by atoms with E-state index in [4.69, 9.17) is 50.7 Å². The lowest BCUT2D eigenvalue weighted by Gasteiger charge is -2.34. The standard InChI is InChI=1S/C9H28O3Si4.C7H24O3Si4.C7H18O2Si2.C4H16O3Si3.C3H10OSi/c1-13(10-14(2,3)4)11-16(8,9)12-15(5,6)7;1-11(2)8-13(5)10-14(6,7)9-12(3)4;1-10-7-5-4-6-8-11(2,3)9-10;1-8(2)6-10(5)7-9(3)4;1-4-5(2)3/h13H,1-9H3;11-13H,1-7H3;10H,4-7H2,1-3H3;5,8-10H,1-4H3;5H,1-3H3. The predicted molar refractivity (Wildman–Crippen MR) is 279 cm³/mol. The fraction of sp³-hybridized carbons (Fsp3) is 1.00. The fourth-order valence-electron chi connectivity index (χ4n) is 5.02. The van der Waals surface area contributed by atoms with E-state index < -0.39 is 125 Å². The minimum atomic E-state index is -2.19. The molecule has 1 rings (SSSR count). The minimum Gasteiger partial charge on any atom is -0.442 e. The zero-order valence-corrected chi connectivity index (χ0v) is 56.9. The molecule has 3 unspecified atom stereocenters. The van der Waals surface area contributed by atoms with Crippen LogP contribution in [0.4, 0.5) is 0 Å². The normalized spacial score (nSPS) is 17.8. The summed E-state index contributed by atoms with van der Waals surface area (Å²) < 4.78 is 62.8. The maximum atomic E-state index is 9.15. The smallest absolute Gasteiger partial charge is 0.442 e. The van der Waals surface area contributed by atoms with Gasteiger partial charge in [0.05, 0.1) is 0 Å². The van der Waals surface area contributed by atoms with Gasteiger partial charge < -0.3 is 50.7 Å². The van der Waals surface area contributed by atoms with Crippen LogP contribution in [0.5, 0.6) is 0 Å². The van der Waals surface area contributed by atoms with E-state index in [0.29, 0.717) is 0 Å². The molecule has 1 saturated heterocycles. The van der Waals surface area contributed by atoms with E-state index >= 15 is 0 Å². The molecule has 12 nitrogen and oxygen atoms in total. The summed E-state index contributed by atoms with van der Waals surface area (Å²) in [5.41, 5.74) is 0. The van der Waals surface area contributed by atoms with Gasteiger partial charge in [-0.1, -0.05) is 6.42 Å². The summed E-state index contributed by atoms with van der Waals surface area (Å²) in [4.78, 5) is 9.15. The second kappa shape index (κ2) is 33.1. The van der Waals surface area contributed by atoms with Crippen molar-refractivity contribution in [2.45, 2.75) is 183 Å². The molecular weight excluding hydrogens is 946 g/mol. The fourth-order valence-corrected chi connectivity index (χ4v) is 42.3. The van der Waals surface area contributed by atoms with Crippen LogP contribution >= 0.6 is 0 Å². The summed E-state index contributed by atoms with van der Waals surface area (Å²) in [7, 11) is -17.5. The van der Waals surface area contributed by atoms with Crippen molar-refractivity contribution >= 4 is 125 Å². The van der Waals surface area contributed by atoms with Gasteiger partial charge in [0.1, 0.15) is 0 Å². The average molecular weight is 1040 g/mol. The van der Waals surface area contributed by atoms with Crippen LogP contribution in [0.2, 0.25) is 170 Å². The first kappa shape index (κ1) is 65.2. The largest absolute Gasteiger partial charge is 0.460 e. The molecule has 3 atom stereocenters. The first-order chi connectivity index (χ1) is 24.9. The number of hydrogen-bond acceptors (Lipinski definition) is 12. The third-order valence-electron chi connectivity index (χ3n) is 6.14. The quantitative estimate of drug-likeness (QED) is 0.151. The van der Waals surface area contributed by atoms with Crippen molar-refractivity contribution < 1.29 is 50.7 Å². The van der Waals surface area contributed by atoms with Crippen molar-refractivity contribution in [3.63, 3.8) is 0 Å². The molecule has 0 spiro atoms. The lowest BCUT2D eigenvalue weighted by molar-refractivity contribution is 0.235. The third kappa shape index (κ3) is 54.6. The van der Waals surface area contributed by atoms with Gasteiger partial charge in [0, 0.05) is 13.7 Å². The molecule has 0 aromatic rings. The van der Waals surface area contributed by atoms with Crippen LogP contribution in [-0.2, 0) is 45.9 Å². The van der Waals surface area contributed by atoms with Crippen molar-refractivity contribution in [2.24, 2.45) is 0 Å². The van der Waals surface area contributed by atoms with E-state index in [1.165, 1.54) is 18.9 Å². The zero-order valence-electron chi connectivity index (χ0n) is 41.5. The molecule has 1 heterocycles. The molecule has 26 heteroatoms. The second-order valence-corrected chi connectivity index (χ2v) is 60.6. The van der Waals surface area contributed by atoms with Gasteiger partial charge in [-0.05, 0) is 176 Å². The lowest BCUT2D eigenvalue weighted by Crippen LogP contribution is -2.49. The van der Waals surface area contributed by atoms with Crippen LogP contribution in [-0.4, -0.2) is 143 Å². The summed E-state index contributed by atoms with van der Waals surface area (Å²) in [5.74, 6) is 0. The highest BCUT2D eigenvalue weighted by atomic mass is 28.5. The Morgan fingerprint density at radius 2 is 0.982 bits per heavy atom. The molecule has 1 aliphatic heterocycles. The van der Waals surface area contributed by atoms with Gasteiger partial charge in [-0.15, -0.1) is 0 Å². The summed E-state index contributed by atoms with van der Waals surface area (Å²) in [6, 6.07) is 1.33. The Kier molecular flexibility index (Phi) is 38.5. The highest BCUT2D eigenvalue weighted by Crippen LogP contribution is 2.18. The molecule has 0 bridgehead atoms. The Balaban J connectivity index is -0.000000313. The Morgan fingerprint density at radius 3 is 1.34 bits per heavy atom. The Bertz CT molecular complexity index is 919. The van der Waals surface area contributed by atoms with Gasteiger partial charge in [-0.25, -0.2) is 0 Å². The molecule has 344 valence electrons. The van der Waals surface area contributed by atoms with Crippen molar-refractivity contribution in [1.29, 1.82) is 0 Å². The topological polar surface area (TPSA) is 122 Å². The molecule has 56 heavy (non-hydrogen) atoms. The maximum absolute atomic E-state index is 9.15. The Labute approximate surface area is 369 Å². The summed E-state index contributed by atoms with van der Waals surface area (Å²) in [6.07, 6.45) is 2.54. The Hall–Kier alpha value is 2.56. The van der Waals surface area contributed by atoms with Crippen LogP contribution in [0.3, 0.4) is 0 Å². The monoisotopic (exact) mass is 1040 g/mol. The van der Waals surface area contributed by atoms with Gasteiger partial charge in [0.25, 0.3) is 18.6 Å². The van der Waals surface area contributed by atoms with E-state index in [-0.39, 0.29) is 0 Å². The van der Waals surface area contributed by atoms with E-state index in [1.807, 2.05) is 26.2 Å². The van der Waals surface area contributed by atoms with Gasteiger partial charge in [0.2, 0.25) is 0 Å². The van der Waals surface area contributed by atoms with Crippen LogP contribution in [0.15, 0.2) is 0 Å². The van der Waals surface area contributed by atoms with Crippen LogP contribution < -0.4 is 0 Å². The third-order valence-corrected chi connectivity index (χ3v) is 42.9. The molecule has 1 N–H and O–H groups in total. The van der Waals surface area contributed by atoms with E-state index in [1.54, 1.807) is 7.11 Å². The zero-order chi connectivity index (χ0) is 45.3. The highest BCUT2D eigenvalue weighted by Gasteiger charge is 2.35. The van der Waals surface area contributed by atoms with E-state index in [2.05, 4.69) is 137 Å². The van der Waals surface area contributed by atoms with Crippen molar-refractivity contribution in [3.8, 4) is 0 Å². The van der Waals surface area contributed by atoms with Crippen LogP contribution in [0.1, 0.15) is 12.8 Å². The molecule has 0 aromatic carbocycles. The first-order valence-electron chi connectivity index (χ1n) is 20.8. The molecule has 0 saturated carbocycles. The van der Waals surface area contributed by atoms with Crippen molar-refractivity contribution in [3.05, 3.63) is 0 Å². The number of rotatable bonds is 17. The highest BCUT2D eigenvalue weighted by molar-refractivity contribution is 6.85. The van der Waals surface area contributed by atoms with Gasteiger partial charge >= 0.3 is 35.2 Å². The van der Waals surface area contributed by atoms with E-state index in [0.717, 1.165) is 6.61 Å². The number of hydrogen-bond donors (Lipinski definition) is 1. The molecule has 1 aliphatic rings. The molecule has 1 fully saturated rings. The SMILES string of the molecule is CO[SiH](C)C.C[SiH](C)O[SiH](C)O[Si](C)(C)O[SiH](C)C.C[SiH](C)O[SiH](O)O[SiH](C)C.C[SiH](O[Si](C)(C)C)O[Si](C)(C)O[Si](C)(C)C.C[SiH]1CCCCO[Si](C)(C)O1. The van der Waals surface area contributed by atoms with Crippen molar-refractivity contribution in [1.82, 2.24) is 0 Å². The van der Waals surface area contributed by atoms with Gasteiger partial charge in [0.15, 0.2) is 70.9 Å². The lowest BCUT2D eigenvalue weighted by atomic mass is 10.4. The summed E-state index contributed by atoms with van der Waals surface area (Å²) in [5, 5.41) is 0. The average Bonchev–Trinajstić information content (AvgIpc) is 2.87. The van der Waals surface area contributed by atoms with Crippen LogP contribution in [0, 0.1) is 0 Å². The Morgan fingerprint density at radius 1 is 0.554 bits per heavy atom. The van der Waals surface area contributed by atoms with E-state index in [9.17, 15) is 0 Å². The summed E-state index contributed by atoms with van der Waals surface area (Å²) in [6.45, 7) is 54.6. The van der Waals surface area contributed by atoms with Gasteiger partial charge in [-0.2, -0.15) is 0 Å². The summed E-state index contributed by atoms with van der Waals surface area (Å²) >= 11 is 0. The predicted octanol–water partition coefficient (Wildman–Crippen LogP) is 6.99. The molecule has 0 aromatic heterocycles. The molecule has 0 aliphatic carbocycles. The minimum absolute atomic E-state index is 0.650. The van der Waals surface area contributed by atoms with Crippen LogP contribution in [0.25, 0.3) is 0 Å². The second-order valence-electron chi connectivity index (χ2n) is 18.6. The molecular formula is C30H96O12Si14. The first-order valence-corrected chi connectivity index (χ1v) is 58.1. The molecule has 0 radical (unpaired) electrons.